The summed E-state index contributed by atoms with van der Waals surface area (Å²) in [5.41, 5.74) is 0.0616. The summed E-state index contributed by atoms with van der Waals surface area (Å²) in [5, 5.41) is 10.5. The predicted molar refractivity (Wildman–Crippen MR) is 81.8 cm³/mol. The average Bonchev–Trinajstić information content (AvgIpc) is 2.94. The first-order valence-electron chi connectivity index (χ1n) is 6.09. The van der Waals surface area contributed by atoms with Crippen LogP contribution in [0.5, 0.6) is 0 Å². The molecule has 1 aromatic carbocycles. The number of nitro benzene ring substituents is 1. The van der Waals surface area contributed by atoms with Crippen molar-refractivity contribution < 1.29 is 9.72 Å². The number of hydrogen-bond donors (Lipinski definition) is 0. The summed E-state index contributed by atoms with van der Waals surface area (Å²) >= 11 is 2.93. The number of nitrogens with zero attached hydrogens (tertiary/aromatic N) is 1. The van der Waals surface area contributed by atoms with E-state index < -0.39 is 4.92 Å². The third-order valence-electron chi connectivity index (χ3n) is 2.70. The first kappa shape index (κ1) is 14.7. The van der Waals surface area contributed by atoms with Gasteiger partial charge in [-0.1, -0.05) is 6.92 Å². The number of benzene rings is 1. The maximum Gasteiger partial charge on any atom is 0.269 e. The molecule has 0 aliphatic heterocycles. The normalized spacial score (nSPS) is 10.4. The molecule has 0 atom stereocenters. The van der Waals surface area contributed by atoms with Crippen molar-refractivity contribution in [3.8, 4) is 0 Å². The van der Waals surface area contributed by atoms with Crippen LogP contribution >= 0.6 is 23.1 Å². The number of aryl methyl sites for hydroxylation is 1. The van der Waals surface area contributed by atoms with Crippen molar-refractivity contribution in [1.82, 2.24) is 0 Å². The zero-order valence-corrected chi connectivity index (χ0v) is 12.5. The van der Waals surface area contributed by atoms with Gasteiger partial charge in [-0.05, 0) is 30.7 Å². The third-order valence-corrected chi connectivity index (χ3v) is 4.99. The molecule has 2 rings (SSSR count). The Labute approximate surface area is 125 Å². The Kier molecular flexibility index (Phi) is 4.92. The van der Waals surface area contributed by atoms with Crippen LogP contribution in [0.15, 0.2) is 41.3 Å². The fourth-order valence-corrected chi connectivity index (χ4v) is 3.36. The number of carbonyl (C=O) groups excluding carboxylic acids is 1. The summed E-state index contributed by atoms with van der Waals surface area (Å²) in [4.78, 5) is 24.9. The van der Waals surface area contributed by atoms with Crippen LogP contribution in [0.4, 0.5) is 5.69 Å². The van der Waals surface area contributed by atoms with E-state index in [0.717, 1.165) is 16.2 Å². The summed E-state index contributed by atoms with van der Waals surface area (Å²) in [6, 6.07) is 10.1. The van der Waals surface area contributed by atoms with E-state index in [4.69, 9.17) is 0 Å². The van der Waals surface area contributed by atoms with Crippen LogP contribution in [-0.4, -0.2) is 16.5 Å². The SMILES string of the molecule is CCc1ccc(C(=O)CSc2ccc([N+](=O)[O-])cc2)s1. The van der Waals surface area contributed by atoms with Gasteiger partial charge in [0.15, 0.2) is 5.78 Å². The van der Waals surface area contributed by atoms with Crippen LogP contribution in [0.2, 0.25) is 0 Å². The number of Topliss-reactive ketones (excluding diaryl/α,β-unsaturated/α-hetero) is 1. The Hall–Kier alpha value is -1.66. The molecule has 0 saturated heterocycles. The second kappa shape index (κ2) is 6.67. The van der Waals surface area contributed by atoms with Crippen molar-refractivity contribution in [3.05, 3.63) is 56.3 Å². The van der Waals surface area contributed by atoms with E-state index in [-0.39, 0.29) is 11.5 Å². The summed E-state index contributed by atoms with van der Waals surface area (Å²) in [6.07, 6.45) is 0.938. The summed E-state index contributed by atoms with van der Waals surface area (Å²) < 4.78 is 0. The van der Waals surface area contributed by atoms with Crippen molar-refractivity contribution >= 4 is 34.6 Å². The molecule has 0 N–H and O–H groups in total. The van der Waals surface area contributed by atoms with E-state index in [0.29, 0.717) is 5.75 Å². The van der Waals surface area contributed by atoms with Gasteiger partial charge in [0.1, 0.15) is 0 Å². The molecule has 6 heteroatoms. The molecule has 0 unspecified atom stereocenters. The minimum absolute atomic E-state index is 0.0616. The van der Waals surface area contributed by atoms with E-state index in [9.17, 15) is 14.9 Å². The molecule has 4 nitrogen and oxygen atoms in total. The highest BCUT2D eigenvalue weighted by Crippen LogP contribution is 2.24. The molecule has 20 heavy (non-hydrogen) atoms. The van der Waals surface area contributed by atoms with Crippen molar-refractivity contribution in [2.45, 2.75) is 18.2 Å². The Morgan fingerprint density at radius 1 is 1.25 bits per heavy atom. The van der Waals surface area contributed by atoms with Crippen molar-refractivity contribution in [2.24, 2.45) is 0 Å². The standard InChI is InChI=1S/C14H13NO3S2/c1-2-11-7-8-14(20-11)13(16)9-19-12-5-3-10(4-6-12)15(17)18/h3-8H,2,9H2,1H3. The van der Waals surface area contributed by atoms with Gasteiger partial charge in [0.2, 0.25) is 0 Å². The van der Waals surface area contributed by atoms with Gasteiger partial charge in [-0.3, -0.25) is 14.9 Å². The Morgan fingerprint density at radius 3 is 2.50 bits per heavy atom. The van der Waals surface area contributed by atoms with Gasteiger partial charge in [-0.15, -0.1) is 23.1 Å². The van der Waals surface area contributed by atoms with Crippen LogP contribution < -0.4 is 0 Å². The van der Waals surface area contributed by atoms with E-state index in [1.54, 1.807) is 12.1 Å². The monoisotopic (exact) mass is 307 g/mol. The molecule has 1 heterocycles. The summed E-state index contributed by atoms with van der Waals surface area (Å²) in [6.45, 7) is 2.06. The second-order valence-electron chi connectivity index (χ2n) is 4.08. The molecule has 0 radical (unpaired) electrons. The lowest BCUT2D eigenvalue weighted by atomic mass is 10.3. The van der Waals surface area contributed by atoms with Crippen LogP contribution in [0.25, 0.3) is 0 Å². The minimum atomic E-state index is -0.433. The molecule has 104 valence electrons. The lowest BCUT2D eigenvalue weighted by molar-refractivity contribution is -0.384. The number of carbonyl (C=O) groups is 1. The minimum Gasteiger partial charge on any atom is -0.292 e. The second-order valence-corrected chi connectivity index (χ2v) is 6.30. The predicted octanol–water partition coefficient (Wildman–Crippen LogP) is 4.19. The number of ketones is 1. The van der Waals surface area contributed by atoms with Gasteiger partial charge >= 0.3 is 0 Å². The Morgan fingerprint density at radius 2 is 1.95 bits per heavy atom. The average molecular weight is 307 g/mol. The first-order chi connectivity index (χ1) is 9.60. The maximum atomic E-state index is 12.0. The molecule has 1 aromatic heterocycles. The van der Waals surface area contributed by atoms with E-state index in [1.165, 1.54) is 40.1 Å². The van der Waals surface area contributed by atoms with Crippen LogP contribution in [-0.2, 0) is 6.42 Å². The van der Waals surface area contributed by atoms with E-state index in [2.05, 4.69) is 6.92 Å². The molecule has 0 fully saturated rings. The largest absolute Gasteiger partial charge is 0.292 e. The molecule has 2 aromatic rings. The van der Waals surface area contributed by atoms with Crippen LogP contribution in [0, 0.1) is 10.1 Å². The van der Waals surface area contributed by atoms with E-state index in [1.807, 2.05) is 12.1 Å². The number of thioether (sulfide) groups is 1. The van der Waals surface area contributed by atoms with Crippen LogP contribution in [0.3, 0.4) is 0 Å². The van der Waals surface area contributed by atoms with Gasteiger partial charge in [-0.2, -0.15) is 0 Å². The van der Waals surface area contributed by atoms with Crippen molar-refractivity contribution in [3.63, 3.8) is 0 Å². The lowest BCUT2D eigenvalue weighted by Crippen LogP contribution is -1.99. The Balaban J connectivity index is 1.94. The molecule has 0 aliphatic carbocycles. The molecular formula is C14H13NO3S2. The summed E-state index contributed by atoms with van der Waals surface area (Å²) in [5.74, 6) is 0.444. The highest BCUT2D eigenvalue weighted by molar-refractivity contribution is 8.00. The molecular weight excluding hydrogens is 294 g/mol. The van der Waals surface area contributed by atoms with Crippen molar-refractivity contribution in [2.75, 3.05) is 5.75 Å². The van der Waals surface area contributed by atoms with Gasteiger partial charge in [0.05, 0.1) is 15.6 Å². The van der Waals surface area contributed by atoms with E-state index >= 15 is 0 Å². The number of thiophene rings is 1. The highest BCUT2D eigenvalue weighted by Gasteiger charge is 2.10. The highest BCUT2D eigenvalue weighted by atomic mass is 32.2. The number of rotatable bonds is 6. The topological polar surface area (TPSA) is 60.2 Å². The Bertz CT molecular complexity index is 620. The quantitative estimate of drug-likeness (QED) is 0.347. The number of non-ortho nitro benzene ring substituents is 1. The van der Waals surface area contributed by atoms with Gasteiger partial charge in [-0.25, -0.2) is 0 Å². The number of nitro groups is 1. The molecule has 0 amide bonds. The van der Waals surface area contributed by atoms with Gasteiger partial charge in [0.25, 0.3) is 5.69 Å². The van der Waals surface area contributed by atoms with Gasteiger partial charge in [0, 0.05) is 21.9 Å². The van der Waals surface area contributed by atoms with Crippen LogP contribution in [0.1, 0.15) is 21.5 Å². The zero-order valence-electron chi connectivity index (χ0n) is 10.9. The first-order valence-corrected chi connectivity index (χ1v) is 7.89. The molecule has 0 spiro atoms. The molecule has 0 bridgehead atoms. The maximum absolute atomic E-state index is 12.0. The smallest absolute Gasteiger partial charge is 0.269 e. The zero-order chi connectivity index (χ0) is 14.5. The van der Waals surface area contributed by atoms with Gasteiger partial charge < -0.3 is 0 Å². The number of hydrogen-bond acceptors (Lipinski definition) is 5. The third kappa shape index (κ3) is 3.68. The fraction of sp³-hybridized carbons (Fsp3) is 0.214. The molecule has 0 saturated carbocycles. The van der Waals surface area contributed by atoms with Crippen molar-refractivity contribution in [1.29, 1.82) is 0 Å². The summed E-state index contributed by atoms with van der Waals surface area (Å²) in [7, 11) is 0. The fourth-order valence-electron chi connectivity index (χ4n) is 1.60. The molecule has 0 aliphatic rings. The lowest BCUT2D eigenvalue weighted by Gasteiger charge is -2.00.